The van der Waals surface area contributed by atoms with Gasteiger partial charge in [0.1, 0.15) is 5.75 Å². The van der Waals surface area contributed by atoms with Gasteiger partial charge in [-0.3, -0.25) is 4.79 Å². The van der Waals surface area contributed by atoms with Crippen LogP contribution < -0.4 is 10.5 Å². The molecule has 0 aliphatic rings. The summed E-state index contributed by atoms with van der Waals surface area (Å²) in [6, 6.07) is 6.89. The van der Waals surface area contributed by atoms with Crippen molar-refractivity contribution in [2.75, 3.05) is 6.61 Å². The topological polar surface area (TPSA) is 72.5 Å². The van der Waals surface area contributed by atoms with Gasteiger partial charge in [-0.15, -0.1) is 0 Å². The van der Waals surface area contributed by atoms with Gasteiger partial charge in [0.05, 0.1) is 6.61 Å². The van der Waals surface area contributed by atoms with E-state index in [2.05, 4.69) is 0 Å². The van der Waals surface area contributed by atoms with E-state index < -0.39 is 0 Å². The Morgan fingerprint density at radius 1 is 1.44 bits per heavy atom. The number of aliphatic hydroxyl groups excluding tert-OH is 1. The third-order valence-corrected chi connectivity index (χ3v) is 2.18. The Kier molecular flexibility index (Phi) is 4.95. The predicted molar refractivity (Wildman–Crippen MR) is 61.1 cm³/mol. The van der Waals surface area contributed by atoms with Gasteiger partial charge in [0.2, 0.25) is 0 Å². The number of carbonyl (C=O) groups is 1. The first-order valence-corrected chi connectivity index (χ1v) is 5.31. The molecule has 0 spiro atoms. The van der Waals surface area contributed by atoms with E-state index in [1.165, 1.54) is 0 Å². The van der Waals surface area contributed by atoms with Crippen LogP contribution in [0.5, 0.6) is 5.75 Å². The second-order valence-corrected chi connectivity index (χ2v) is 3.62. The van der Waals surface area contributed by atoms with E-state index in [-0.39, 0.29) is 18.6 Å². The fourth-order valence-corrected chi connectivity index (χ4v) is 1.26. The normalized spacial score (nSPS) is 12.2. The van der Waals surface area contributed by atoms with Crippen molar-refractivity contribution in [1.82, 2.24) is 0 Å². The molecule has 16 heavy (non-hydrogen) atoms. The summed E-state index contributed by atoms with van der Waals surface area (Å²) in [6.45, 7) is 1.71. The fourth-order valence-electron chi connectivity index (χ4n) is 1.26. The highest BCUT2D eigenvalue weighted by molar-refractivity contribution is 5.71. The maximum atomic E-state index is 11.0. The van der Waals surface area contributed by atoms with Crippen LogP contribution in [0.25, 0.3) is 0 Å². The highest BCUT2D eigenvalue weighted by atomic mass is 16.5. The van der Waals surface area contributed by atoms with Gasteiger partial charge in [0.25, 0.3) is 0 Å². The molecule has 4 heteroatoms. The third kappa shape index (κ3) is 4.00. The van der Waals surface area contributed by atoms with Crippen molar-refractivity contribution in [3.05, 3.63) is 29.8 Å². The van der Waals surface area contributed by atoms with Crippen molar-refractivity contribution in [3.8, 4) is 5.75 Å². The zero-order valence-electron chi connectivity index (χ0n) is 9.35. The van der Waals surface area contributed by atoms with Crippen LogP contribution in [0.3, 0.4) is 0 Å². The highest BCUT2D eigenvalue weighted by Gasteiger charge is 2.04. The predicted octanol–water partition coefficient (Wildman–Crippen LogP) is 0.864. The van der Waals surface area contributed by atoms with E-state index in [0.717, 1.165) is 5.56 Å². The molecule has 0 fully saturated rings. The molecule has 0 heterocycles. The lowest BCUT2D eigenvalue weighted by Gasteiger charge is -2.08. The Hall–Kier alpha value is -1.39. The molecular formula is C12H17NO3. The summed E-state index contributed by atoms with van der Waals surface area (Å²) in [5.41, 5.74) is 6.62. The largest absolute Gasteiger partial charge is 0.427 e. The fraction of sp³-hybridized carbons (Fsp3) is 0.417. The second kappa shape index (κ2) is 6.25. The summed E-state index contributed by atoms with van der Waals surface area (Å²) < 4.78 is 5.03. The lowest BCUT2D eigenvalue weighted by molar-refractivity contribution is -0.134. The van der Waals surface area contributed by atoms with Crippen molar-refractivity contribution >= 4 is 5.97 Å². The number of hydrogen-bond donors (Lipinski definition) is 2. The first-order valence-electron chi connectivity index (χ1n) is 5.31. The lowest BCUT2D eigenvalue weighted by atomic mass is 10.1. The molecule has 3 N–H and O–H groups in total. The minimum absolute atomic E-state index is 0.0351. The van der Waals surface area contributed by atoms with E-state index in [1.54, 1.807) is 19.1 Å². The molecule has 0 aliphatic heterocycles. The molecule has 0 saturated heterocycles. The highest BCUT2D eigenvalue weighted by Crippen LogP contribution is 2.13. The second-order valence-electron chi connectivity index (χ2n) is 3.62. The number of ether oxygens (including phenoxy) is 1. The molecule has 0 radical (unpaired) electrons. The van der Waals surface area contributed by atoms with Crippen LogP contribution >= 0.6 is 0 Å². The number of esters is 1. The summed E-state index contributed by atoms with van der Waals surface area (Å²) in [6.07, 6.45) is 0.968. The standard InChI is InChI=1S/C12H17NO3/c1-2-12(15)16-11-5-3-9(4-6-11)7-10(13)8-14/h3-6,10,14H,2,7-8,13H2,1H3. The van der Waals surface area contributed by atoms with Crippen LogP contribution in [-0.4, -0.2) is 23.7 Å². The molecule has 1 aromatic carbocycles. The Labute approximate surface area is 95.0 Å². The first-order chi connectivity index (χ1) is 7.65. The van der Waals surface area contributed by atoms with E-state index in [0.29, 0.717) is 18.6 Å². The van der Waals surface area contributed by atoms with Gasteiger partial charge in [-0.2, -0.15) is 0 Å². The van der Waals surface area contributed by atoms with Crippen LogP contribution in [-0.2, 0) is 11.2 Å². The van der Waals surface area contributed by atoms with Crippen molar-refractivity contribution in [1.29, 1.82) is 0 Å². The average Bonchev–Trinajstić information content (AvgIpc) is 2.31. The SMILES string of the molecule is CCC(=O)Oc1ccc(CC(N)CO)cc1. The maximum Gasteiger partial charge on any atom is 0.310 e. The molecule has 0 amide bonds. The molecule has 88 valence electrons. The van der Waals surface area contributed by atoms with Crippen LogP contribution in [0.1, 0.15) is 18.9 Å². The Morgan fingerprint density at radius 2 is 2.06 bits per heavy atom. The summed E-state index contributed by atoms with van der Waals surface area (Å²) in [7, 11) is 0. The van der Waals surface area contributed by atoms with Gasteiger partial charge in [-0.1, -0.05) is 19.1 Å². The van der Waals surface area contributed by atoms with E-state index >= 15 is 0 Å². The third-order valence-electron chi connectivity index (χ3n) is 2.18. The Balaban J connectivity index is 2.57. The molecule has 1 rings (SSSR count). The number of hydrogen-bond acceptors (Lipinski definition) is 4. The molecule has 0 saturated carbocycles. The smallest absolute Gasteiger partial charge is 0.310 e. The number of nitrogens with two attached hydrogens (primary N) is 1. The zero-order chi connectivity index (χ0) is 12.0. The van der Waals surface area contributed by atoms with Crippen LogP contribution in [0.15, 0.2) is 24.3 Å². The average molecular weight is 223 g/mol. The van der Waals surface area contributed by atoms with Crippen LogP contribution in [0, 0.1) is 0 Å². The van der Waals surface area contributed by atoms with Gasteiger partial charge < -0.3 is 15.6 Å². The molecule has 0 aromatic heterocycles. The number of rotatable bonds is 5. The van der Waals surface area contributed by atoms with Crippen molar-refractivity contribution in [2.45, 2.75) is 25.8 Å². The van der Waals surface area contributed by atoms with Crippen LogP contribution in [0.4, 0.5) is 0 Å². The first kappa shape index (κ1) is 12.7. The number of carbonyl (C=O) groups excluding carboxylic acids is 1. The minimum atomic E-state index is -0.250. The quantitative estimate of drug-likeness (QED) is 0.573. The molecule has 4 nitrogen and oxygen atoms in total. The lowest BCUT2D eigenvalue weighted by Crippen LogP contribution is -2.26. The van der Waals surface area contributed by atoms with E-state index in [1.807, 2.05) is 12.1 Å². The molecule has 1 atom stereocenters. The summed E-state index contributed by atoms with van der Waals surface area (Å²) in [4.78, 5) is 11.0. The molecule has 0 aliphatic carbocycles. The Morgan fingerprint density at radius 3 is 2.56 bits per heavy atom. The van der Waals surface area contributed by atoms with Crippen molar-refractivity contribution in [2.24, 2.45) is 5.73 Å². The molecular weight excluding hydrogens is 206 g/mol. The number of aliphatic hydroxyl groups is 1. The van der Waals surface area contributed by atoms with Crippen molar-refractivity contribution in [3.63, 3.8) is 0 Å². The summed E-state index contributed by atoms with van der Waals surface area (Å²) in [5, 5.41) is 8.81. The molecule has 0 bridgehead atoms. The minimum Gasteiger partial charge on any atom is -0.427 e. The van der Waals surface area contributed by atoms with Crippen molar-refractivity contribution < 1.29 is 14.6 Å². The van der Waals surface area contributed by atoms with E-state index in [9.17, 15) is 4.79 Å². The Bertz CT molecular complexity index is 335. The molecule has 1 aromatic rings. The molecule has 1 unspecified atom stereocenters. The monoisotopic (exact) mass is 223 g/mol. The maximum absolute atomic E-state index is 11.0. The van der Waals surface area contributed by atoms with E-state index in [4.69, 9.17) is 15.6 Å². The van der Waals surface area contributed by atoms with Gasteiger partial charge in [-0.25, -0.2) is 0 Å². The van der Waals surface area contributed by atoms with Crippen LogP contribution in [0.2, 0.25) is 0 Å². The van der Waals surface area contributed by atoms with Gasteiger partial charge in [-0.05, 0) is 24.1 Å². The number of benzene rings is 1. The zero-order valence-corrected chi connectivity index (χ0v) is 9.35. The van der Waals surface area contributed by atoms with Gasteiger partial charge in [0, 0.05) is 12.5 Å². The summed E-state index contributed by atoms with van der Waals surface area (Å²) >= 11 is 0. The summed E-state index contributed by atoms with van der Waals surface area (Å²) in [5.74, 6) is 0.285. The van der Waals surface area contributed by atoms with Gasteiger partial charge in [0.15, 0.2) is 0 Å². The van der Waals surface area contributed by atoms with Gasteiger partial charge >= 0.3 is 5.97 Å².